The highest BCUT2D eigenvalue weighted by molar-refractivity contribution is 5.81. The van der Waals surface area contributed by atoms with Gasteiger partial charge in [-0.1, -0.05) is 16.3 Å². The molecule has 0 radical (unpaired) electrons. The molecule has 0 saturated carbocycles. The Morgan fingerprint density at radius 2 is 1.47 bits per heavy atom. The second kappa shape index (κ2) is 23.4. The molecule has 318 valence electrons. The van der Waals surface area contributed by atoms with Gasteiger partial charge in [-0.3, -0.25) is 9.59 Å². The quantitative estimate of drug-likeness (QED) is 0.0543. The standard InChI is InChI=1S/C36H57N15O7/c1-3-19-56-21-23-58-24-22-57-20-9-38-34-39-35(48-14-10-46(11-15-48)31(54)27-50-25-30(7-18-52)42-44-50)41-36(40-34)49-16-12-47(13-17-49)33(55)32(28(2)53)51-26-29(43-45-51)6-4-5-8-37/h1,25-26,28,32,52-53H,4-24,27,37H2,2H3,(H,38,39,40,41)/t28-,32+/m1/s1. The van der Waals surface area contributed by atoms with Crippen LogP contribution < -0.4 is 20.9 Å². The first-order valence-electron chi connectivity index (χ1n) is 19.8. The molecule has 2 atom stereocenters. The number of carbonyl (C=O) groups excluding carboxylic acids is 2. The fraction of sp³-hybridized carbons (Fsp3) is 0.694. The van der Waals surface area contributed by atoms with Crippen LogP contribution in [0.5, 0.6) is 0 Å². The maximum Gasteiger partial charge on any atom is 0.250 e. The van der Waals surface area contributed by atoms with Crippen molar-refractivity contribution in [3.63, 3.8) is 0 Å². The third kappa shape index (κ3) is 13.2. The van der Waals surface area contributed by atoms with E-state index in [1.807, 2.05) is 9.80 Å². The highest BCUT2D eigenvalue weighted by Gasteiger charge is 2.34. The Hall–Kier alpha value is -5.05. The highest BCUT2D eigenvalue weighted by Crippen LogP contribution is 2.22. The molecule has 2 saturated heterocycles. The molecule has 58 heavy (non-hydrogen) atoms. The number of nitrogens with zero attached hydrogens (tertiary/aromatic N) is 13. The number of unbranched alkanes of at least 4 members (excludes halogenated alkanes) is 1. The van der Waals surface area contributed by atoms with Crippen LogP contribution in [0.15, 0.2) is 12.4 Å². The third-order valence-electron chi connectivity index (χ3n) is 9.55. The van der Waals surface area contributed by atoms with Crippen molar-refractivity contribution in [2.24, 2.45) is 5.73 Å². The number of aliphatic hydroxyl groups is 2. The lowest BCUT2D eigenvalue weighted by atomic mass is 10.1. The summed E-state index contributed by atoms with van der Waals surface area (Å²) in [5.74, 6) is 3.37. The van der Waals surface area contributed by atoms with E-state index in [4.69, 9.17) is 46.4 Å². The number of hydrogen-bond acceptors (Lipinski definition) is 18. The smallest absolute Gasteiger partial charge is 0.250 e. The number of aliphatic hydroxyl groups excluding tert-OH is 2. The third-order valence-corrected chi connectivity index (χ3v) is 9.55. The van der Waals surface area contributed by atoms with E-state index >= 15 is 0 Å². The molecule has 5 heterocycles. The van der Waals surface area contributed by atoms with Crippen molar-refractivity contribution < 1.29 is 34.0 Å². The lowest BCUT2D eigenvalue weighted by molar-refractivity contribution is -0.138. The SMILES string of the molecule is C#CCOCCOCCOCCNc1nc(N2CCN(C(=O)Cn3cc(CCO)nn3)CC2)nc(N2CCN(C(=O)[C@H]([C@@H](C)O)n3cc(CCCCN)nn3)CC2)n1. The Labute approximate surface area is 338 Å². The highest BCUT2D eigenvalue weighted by atomic mass is 16.5. The Morgan fingerprint density at radius 1 is 0.845 bits per heavy atom. The Bertz CT molecular complexity index is 1740. The summed E-state index contributed by atoms with van der Waals surface area (Å²) in [6, 6.07) is -0.908. The second-order valence-corrected chi connectivity index (χ2v) is 13.8. The molecule has 0 aromatic carbocycles. The van der Waals surface area contributed by atoms with Crippen molar-refractivity contribution in [3.05, 3.63) is 23.8 Å². The van der Waals surface area contributed by atoms with E-state index in [-0.39, 0.29) is 31.6 Å². The number of anilines is 3. The van der Waals surface area contributed by atoms with E-state index in [1.54, 1.807) is 29.1 Å². The van der Waals surface area contributed by atoms with Crippen LogP contribution in [0, 0.1) is 12.3 Å². The van der Waals surface area contributed by atoms with Crippen LogP contribution in [0.25, 0.3) is 0 Å². The molecule has 0 bridgehead atoms. The first kappa shape index (κ1) is 44.1. The summed E-state index contributed by atoms with van der Waals surface area (Å²) >= 11 is 0. The number of piperazine rings is 2. The van der Waals surface area contributed by atoms with Crippen LogP contribution in [0.1, 0.15) is 37.2 Å². The molecule has 2 aliphatic rings. The lowest BCUT2D eigenvalue weighted by Crippen LogP contribution is -2.52. The number of nitrogens with two attached hydrogens (primary N) is 1. The van der Waals surface area contributed by atoms with Crippen LogP contribution in [-0.4, -0.2) is 195 Å². The maximum atomic E-state index is 13.8. The van der Waals surface area contributed by atoms with E-state index in [2.05, 4.69) is 31.9 Å². The number of terminal acetylenes is 1. The fourth-order valence-electron chi connectivity index (χ4n) is 6.43. The van der Waals surface area contributed by atoms with E-state index in [0.29, 0.717) is 135 Å². The molecule has 0 spiro atoms. The molecule has 22 heteroatoms. The van der Waals surface area contributed by atoms with Gasteiger partial charge in [0.05, 0.1) is 50.5 Å². The van der Waals surface area contributed by atoms with Crippen molar-refractivity contribution in [2.75, 3.05) is 127 Å². The maximum absolute atomic E-state index is 13.8. The number of aryl methyl sites for hydroxylation is 1. The largest absolute Gasteiger partial charge is 0.396 e. The molecule has 2 aliphatic heterocycles. The minimum atomic E-state index is -0.984. The van der Waals surface area contributed by atoms with Gasteiger partial charge >= 0.3 is 0 Å². The molecule has 2 fully saturated rings. The number of carbonyl (C=O) groups is 2. The van der Waals surface area contributed by atoms with Gasteiger partial charge in [-0.25, -0.2) is 9.36 Å². The molecule has 5 rings (SSSR count). The number of hydrogen-bond donors (Lipinski definition) is 4. The van der Waals surface area contributed by atoms with Crippen LogP contribution >= 0.6 is 0 Å². The van der Waals surface area contributed by atoms with Crippen LogP contribution in [-0.2, 0) is 43.2 Å². The van der Waals surface area contributed by atoms with Gasteiger partial charge in [0.2, 0.25) is 29.7 Å². The zero-order chi connectivity index (χ0) is 41.1. The lowest BCUT2D eigenvalue weighted by Gasteiger charge is -2.37. The first-order valence-corrected chi connectivity index (χ1v) is 19.8. The molecule has 5 N–H and O–H groups in total. The van der Waals surface area contributed by atoms with Gasteiger partial charge in [0.1, 0.15) is 13.2 Å². The van der Waals surface area contributed by atoms with Gasteiger partial charge in [0.15, 0.2) is 6.04 Å². The normalized spacial score (nSPS) is 15.7. The first-order chi connectivity index (χ1) is 28.3. The summed E-state index contributed by atoms with van der Waals surface area (Å²) < 4.78 is 19.3. The van der Waals surface area contributed by atoms with Gasteiger partial charge in [0, 0.05) is 84.3 Å². The van der Waals surface area contributed by atoms with Gasteiger partial charge in [0.25, 0.3) is 0 Å². The number of rotatable bonds is 24. The van der Waals surface area contributed by atoms with Crippen LogP contribution in [0.4, 0.5) is 17.8 Å². The average Bonchev–Trinajstić information content (AvgIpc) is 3.89. The van der Waals surface area contributed by atoms with Crippen molar-refractivity contribution in [3.8, 4) is 12.3 Å². The van der Waals surface area contributed by atoms with Crippen molar-refractivity contribution >= 4 is 29.7 Å². The molecule has 0 unspecified atom stereocenters. The molecular weight excluding hydrogens is 754 g/mol. The molecule has 0 aliphatic carbocycles. The summed E-state index contributed by atoms with van der Waals surface area (Å²) in [6.45, 7) is 8.49. The fourth-order valence-corrected chi connectivity index (χ4v) is 6.43. The van der Waals surface area contributed by atoms with Crippen LogP contribution in [0.3, 0.4) is 0 Å². The predicted molar refractivity (Wildman–Crippen MR) is 211 cm³/mol. The number of aromatic nitrogens is 9. The summed E-state index contributed by atoms with van der Waals surface area (Å²) in [6.07, 6.45) is 10.4. The summed E-state index contributed by atoms with van der Waals surface area (Å²) in [5.41, 5.74) is 7.00. The van der Waals surface area contributed by atoms with Crippen LogP contribution in [0.2, 0.25) is 0 Å². The zero-order valence-corrected chi connectivity index (χ0v) is 33.3. The summed E-state index contributed by atoms with van der Waals surface area (Å²) in [4.78, 5) is 48.7. The topological polar surface area (TPSA) is 253 Å². The van der Waals surface area contributed by atoms with Crippen molar-refractivity contribution in [2.45, 2.75) is 51.3 Å². The molecule has 22 nitrogen and oxygen atoms in total. The number of amides is 2. The zero-order valence-electron chi connectivity index (χ0n) is 33.3. The average molecular weight is 812 g/mol. The van der Waals surface area contributed by atoms with E-state index in [0.717, 1.165) is 18.5 Å². The van der Waals surface area contributed by atoms with Gasteiger partial charge in [-0.05, 0) is 32.7 Å². The van der Waals surface area contributed by atoms with Gasteiger partial charge in [-0.2, -0.15) is 15.0 Å². The van der Waals surface area contributed by atoms with Crippen molar-refractivity contribution in [1.29, 1.82) is 0 Å². The Balaban J connectivity index is 1.19. The number of ether oxygens (including phenoxy) is 3. The van der Waals surface area contributed by atoms with E-state index < -0.39 is 12.1 Å². The molecule has 3 aromatic heterocycles. The molecule has 3 aromatic rings. The minimum absolute atomic E-state index is 0.0397. The minimum Gasteiger partial charge on any atom is -0.396 e. The van der Waals surface area contributed by atoms with Gasteiger partial charge < -0.3 is 55.1 Å². The van der Waals surface area contributed by atoms with Crippen molar-refractivity contribution in [1.82, 2.24) is 54.7 Å². The number of nitrogens with one attached hydrogen (secondary N) is 1. The predicted octanol–water partition coefficient (Wildman–Crippen LogP) is -2.41. The monoisotopic (exact) mass is 811 g/mol. The summed E-state index contributed by atoms with van der Waals surface area (Å²) in [5, 5.41) is 39.5. The Morgan fingerprint density at radius 3 is 2.10 bits per heavy atom. The summed E-state index contributed by atoms with van der Waals surface area (Å²) in [7, 11) is 0. The van der Waals surface area contributed by atoms with E-state index in [1.165, 1.54) is 9.36 Å². The second-order valence-electron chi connectivity index (χ2n) is 13.8. The molecule has 2 amide bonds. The van der Waals surface area contributed by atoms with E-state index in [9.17, 15) is 14.7 Å². The van der Waals surface area contributed by atoms with Gasteiger partial charge in [-0.15, -0.1) is 16.6 Å². The Kier molecular flexibility index (Phi) is 17.8. The molecular formula is C36H57N15O7.